The number of carbonyl (C=O) groups excluding carboxylic acids is 3. The number of primary amides is 1. The van der Waals surface area contributed by atoms with Crippen molar-refractivity contribution < 1.29 is 19.1 Å². The maximum atomic E-state index is 12.1. The van der Waals surface area contributed by atoms with Gasteiger partial charge in [0.05, 0.1) is 6.42 Å². The highest BCUT2D eigenvalue weighted by molar-refractivity contribution is 6.35. The summed E-state index contributed by atoms with van der Waals surface area (Å²) >= 11 is 11.8. The molecule has 0 aromatic heterocycles. The molecule has 0 aliphatic heterocycles. The Bertz CT molecular complexity index is 838. The molecule has 6 nitrogen and oxygen atoms in total. The zero-order valence-electron chi connectivity index (χ0n) is 13.8. The van der Waals surface area contributed by atoms with E-state index in [0.29, 0.717) is 26.9 Å². The maximum Gasteiger partial charge on any atom is 0.311 e. The molecule has 0 unspecified atom stereocenters. The molecule has 0 aliphatic rings. The van der Waals surface area contributed by atoms with Crippen LogP contribution in [0.25, 0.3) is 0 Å². The van der Waals surface area contributed by atoms with Gasteiger partial charge in [-0.1, -0.05) is 29.3 Å². The quantitative estimate of drug-likeness (QED) is 0.734. The van der Waals surface area contributed by atoms with Gasteiger partial charge >= 0.3 is 5.97 Å². The van der Waals surface area contributed by atoms with Crippen molar-refractivity contribution in [2.24, 2.45) is 5.73 Å². The molecule has 0 aliphatic carbocycles. The lowest BCUT2D eigenvalue weighted by atomic mass is 10.1. The molecular formula is C18H16Cl2N2O4. The Hall–Kier alpha value is -2.57. The van der Waals surface area contributed by atoms with E-state index in [1.54, 1.807) is 12.1 Å². The maximum absolute atomic E-state index is 12.1. The van der Waals surface area contributed by atoms with E-state index in [2.05, 4.69) is 5.32 Å². The number of nitrogens with two attached hydrogens (primary N) is 1. The van der Waals surface area contributed by atoms with Gasteiger partial charge in [0.2, 0.25) is 5.91 Å². The number of ether oxygens (including phenoxy) is 1. The second kappa shape index (κ2) is 8.69. The molecular weight excluding hydrogens is 379 g/mol. The Labute approximate surface area is 160 Å². The van der Waals surface area contributed by atoms with E-state index < -0.39 is 23.9 Å². The summed E-state index contributed by atoms with van der Waals surface area (Å²) in [5.74, 6) is -1.67. The van der Waals surface area contributed by atoms with Gasteiger partial charge in [-0.25, -0.2) is 0 Å². The first kappa shape index (κ1) is 19.8. The number of rotatable bonds is 6. The van der Waals surface area contributed by atoms with Crippen LogP contribution in [0.2, 0.25) is 10.0 Å². The number of amides is 2. The summed E-state index contributed by atoms with van der Waals surface area (Å²) < 4.78 is 5.12. The van der Waals surface area contributed by atoms with Gasteiger partial charge in [-0.3, -0.25) is 14.4 Å². The van der Waals surface area contributed by atoms with Gasteiger partial charge in [0.15, 0.2) is 6.10 Å². The van der Waals surface area contributed by atoms with Crippen LogP contribution in [0.5, 0.6) is 0 Å². The van der Waals surface area contributed by atoms with Crippen molar-refractivity contribution >= 4 is 46.7 Å². The van der Waals surface area contributed by atoms with Crippen LogP contribution in [0, 0.1) is 0 Å². The van der Waals surface area contributed by atoms with Crippen molar-refractivity contribution in [1.82, 2.24) is 0 Å². The summed E-state index contributed by atoms with van der Waals surface area (Å²) in [4.78, 5) is 35.1. The molecule has 3 N–H and O–H groups in total. The third-order valence-electron chi connectivity index (χ3n) is 3.46. The Morgan fingerprint density at radius 3 is 2.35 bits per heavy atom. The number of hydrogen-bond acceptors (Lipinski definition) is 4. The van der Waals surface area contributed by atoms with Crippen molar-refractivity contribution in [2.75, 3.05) is 5.32 Å². The smallest absolute Gasteiger partial charge is 0.311 e. The van der Waals surface area contributed by atoms with Crippen molar-refractivity contribution in [3.63, 3.8) is 0 Å². The largest absolute Gasteiger partial charge is 0.452 e. The van der Waals surface area contributed by atoms with Gasteiger partial charge in [-0.2, -0.15) is 0 Å². The molecule has 0 saturated carbocycles. The van der Waals surface area contributed by atoms with Gasteiger partial charge in [-0.05, 0) is 48.9 Å². The van der Waals surface area contributed by atoms with Gasteiger partial charge in [0.1, 0.15) is 0 Å². The standard InChI is InChI=1S/C18H16Cl2N2O4/c1-10(18(25)22-14-6-3-11(4-7-14)17(21)24)26-16(23)8-12-2-5-13(19)9-15(12)20/h2-7,9-10H,8H2,1H3,(H2,21,24)(H,22,25)/t10-/m0/s1. The fraction of sp³-hybridized carbons (Fsp3) is 0.167. The molecule has 0 radical (unpaired) electrons. The van der Waals surface area contributed by atoms with Crippen LogP contribution in [-0.4, -0.2) is 23.9 Å². The minimum atomic E-state index is -1.01. The fourth-order valence-electron chi connectivity index (χ4n) is 2.07. The van der Waals surface area contributed by atoms with Crippen LogP contribution in [0.15, 0.2) is 42.5 Å². The van der Waals surface area contributed by atoms with E-state index in [0.717, 1.165) is 0 Å². The molecule has 136 valence electrons. The van der Waals surface area contributed by atoms with E-state index >= 15 is 0 Å². The first-order chi connectivity index (χ1) is 12.3. The molecule has 1 atom stereocenters. The minimum absolute atomic E-state index is 0.0824. The van der Waals surface area contributed by atoms with E-state index in [4.69, 9.17) is 33.7 Å². The monoisotopic (exact) mass is 394 g/mol. The third kappa shape index (κ3) is 5.47. The number of benzene rings is 2. The highest BCUT2D eigenvalue weighted by Gasteiger charge is 2.19. The Morgan fingerprint density at radius 2 is 1.77 bits per heavy atom. The van der Waals surface area contributed by atoms with Gasteiger partial charge in [0.25, 0.3) is 5.91 Å². The average Bonchev–Trinajstić information content (AvgIpc) is 2.57. The van der Waals surface area contributed by atoms with Crippen molar-refractivity contribution in [2.45, 2.75) is 19.4 Å². The number of halogens is 2. The van der Waals surface area contributed by atoms with Gasteiger partial charge in [0, 0.05) is 21.3 Å². The van der Waals surface area contributed by atoms with E-state index in [-0.39, 0.29) is 6.42 Å². The molecule has 0 saturated heterocycles. The lowest BCUT2D eigenvalue weighted by molar-refractivity contribution is -0.152. The molecule has 0 spiro atoms. The number of nitrogens with one attached hydrogen (secondary N) is 1. The first-order valence-corrected chi connectivity index (χ1v) is 8.36. The minimum Gasteiger partial charge on any atom is -0.452 e. The molecule has 2 aromatic rings. The lowest BCUT2D eigenvalue weighted by Crippen LogP contribution is -2.30. The molecule has 0 bridgehead atoms. The van der Waals surface area contributed by atoms with Gasteiger partial charge < -0.3 is 15.8 Å². The second-order valence-corrected chi connectivity index (χ2v) is 6.32. The van der Waals surface area contributed by atoms with Crippen molar-refractivity contribution in [1.29, 1.82) is 0 Å². The Kier molecular flexibility index (Phi) is 6.60. The predicted octanol–water partition coefficient (Wildman–Crippen LogP) is 3.21. The van der Waals surface area contributed by atoms with Crippen LogP contribution in [-0.2, 0) is 20.7 Å². The van der Waals surface area contributed by atoms with Crippen LogP contribution in [0.1, 0.15) is 22.8 Å². The van der Waals surface area contributed by atoms with E-state index in [9.17, 15) is 14.4 Å². The first-order valence-electron chi connectivity index (χ1n) is 7.60. The summed E-state index contributed by atoms with van der Waals surface area (Å²) in [5, 5.41) is 3.39. The fourth-order valence-corrected chi connectivity index (χ4v) is 2.55. The summed E-state index contributed by atoms with van der Waals surface area (Å²) in [6, 6.07) is 10.8. The zero-order valence-corrected chi connectivity index (χ0v) is 15.3. The van der Waals surface area contributed by atoms with Crippen LogP contribution in [0.4, 0.5) is 5.69 Å². The SMILES string of the molecule is C[C@H](OC(=O)Cc1ccc(Cl)cc1Cl)C(=O)Nc1ccc(C(N)=O)cc1. The molecule has 26 heavy (non-hydrogen) atoms. The van der Waals surface area contributed by atoms with Crippen molar-refractivity contribution in [3.8, 4) is 0 Å². The van der Waals surface area contributed by atoms with Crippen LogP contribution < -0.4 is 11.1 Å². The molecule has 2 amide bonds. The summed E-state index contributed by atoms with van der Waals surface area (Å²) in [6.07, 6.45) is -1.09. The molecule has 2 aromatic carbocycles. The number of carbonyl (C=O) groups is 3. The highest BCUT2D eigenvalue weighted by atomic mass is 35.5. The predicted molar refractivity (Wildman–Crippen MR) is 99.3 cm³/mol. The summed E-state index contributed by atoms with van der Waals surface area (Å²) in [7, 11) is 0. The van der Waals surface area contributed by atoms with E-state index in [1.807, 2.05) is 0 Å². The molecule has 0 fully saturated rings. The molecule has 0 heterocycles. The zero-order chi connectivity index (χ0) is 19.3. The third-order valence-corrected chi connectivity index (χ3v) is 4.05. The summed E-state index contributed by atoms with van der Waals surface area (Å²) in [6.45, 7) is 1.45. The van der Waals surface area contributed by atoms with Crippen LogP contribution in [0.3, 0.4) is 0 Å². The lowest BCUT2D eigenvalue weighted by Gasteiger charge is -2.14. The van der Waals surface area contributed by atoms with E-state index in [1.165, 1.54) is 37.3 Å². The second-order valence-electron chi connectivity index (χ2n) is 5.48. The number of anilines is 1. The molecule has 2 rings (SSSR count). The Balaban J connectivity index is 1.91. The number of hydrogen-bond donors (Lipinski definition) is 2. The average molecular weight is 395 g/mol. The normalized spacial score (nSPS) is 11.5. The highest BCUT2D eigenvalue weighted by Crippen LogP contribution is 2.21. The van der Waals surface area contributed by atoms with Crippen LogP contribution >= 0.6 is 23.2 Å². The number of esters is 1. The Morgan fingerprint density at radius 1 is 1.12 bits per heavy atom. The van der Waals surface area contributed by atoms with Crippen molar-refractivity contribution in [3.05, 3.63) is 63.6 Å². The summed E-state index contributed by atoms with van der Waals surface area (Å²) in [5.41, 5.74) is 6.47. The topological polar surface area (TPSA) is 98.5 Å². The molecule has 8 heteroatoms. The van der Waals surface area contributed by atoms with Gasteiger partial charge in [-0.15, -0.1) is 0 Å².